The zero-order valence-electron chi connectivity index (χ0n) is 16.1. The molecule has 1 N–H and O–H groups in total. The van der Waals surface area contributed by atoms with Gasteiger partial charge in [-0.3, -0.25) is 14.8 Å². The number of amides is 1. The van der Waals surface area contributed by atoms with E-state index in [0.717, 1.165) is 24.7 Å². The molecular weight excluding hydrogens is 473 g/mol. The highest BCUT2D eigenvalue weighted by atomic mass is 35.5. The first-order valence-corrected chi connectivity index (χ1v) is 9.41. The topological polar surface area (TPSA) is 81.9 Å². The number of nitrogens with one attached hydrogen (secondary N) is 1. The number of nitrogens with zero attached hydrogens (tertiary/aromatic N) is 4. The van der Waals surface area contributed by atoms with Gasteiger partial charge in [0.05, 0.1) is 41.7 Å². The Hall–Kier alpha value is -3.80. The molecule has 0 aliphatic rings. The number of hydrogen-bond acceptors (Lipinski definition) is 5. The van der Waals surface area contributed by atoms with Crippen molar-refractivity contribution in [3.05, 3.63) is 72.6 Å². The molecular formula is C20H11ClF5N5O2. The third-order valence-corrected chi connectivity index (χ3v) is 4.44. The van der Waals surface area contributed by atoms with Crippen LogP contribution in [0.15, 0.2) is 61.3 Å². The molecule has 0 fully saturated rings. The minimum Gasteiger partial charge on any atom is -0.418 e. The van der Waals surface area contributed by atoms with E-state index < -0.39 is 34.7 Å². The summed E-state index contributed by atoms with van der Waals surface area (Å²) >= 11 is 4.68. The minimum atomic E-state index is -4.97. The Kier molecular flexibility index (Phi) is 5.62. The number of ether oxygens (including phenoxy) is 1. The Balaban J connectivity index is 1.73. The maximum atomic E-state index is 14.0. The fourth-order valence-corrected chi connectivity index (χ4v) is 3.20. The van der Waals surface area contributed by atoms with Gasteiger partial charge in [0.15, 0.2) is 5.69 Å². The lowest BCUT2D eigenvalue weighted by atomic mass is 10.1. The van der Waals surface area contributed by atoms with Crippen LogP contribution in [0, 0.1) is 0 Å². The molecule has 0 unspecified atom stereocenters. The summed E-state index contributed by atoms with van der Waals surface area (Å²) in [4.78, 5) is 20.2. The molecule has 1 aromatic carbocycles. The quantitative estimate of drug-likeness (QED) is 0.309. The predicted molar refractivity (Wildman–Crippen MR) is 107 cm³/mol. The summed E-state index contributed by atoms with van der Waals surface area (Å²) in [7, 11) is 0. The van der Waals surface area contributed by atoms with Gasteiger partial charge in [-0.05, 0) is 0 Å². The summed E-state index contributed by atoms with van der Waals surface area (Å²) < 4.78 is 72.3. The first-order valence-electron chi connectivity index (χ1n) is 9.03. The van der Waals surface area contributed by atoms with Crippen LogP contribution in [0.5, 0.6) is 5.75 Å². The lowest BCUT2D eigenvalue weighted by Gasteiger charge is -2.14. The zero-order chi connectivity index (χ0) is 23.8. The van der Waals surface area contributed by atoms with Crippen LogP contribution in [0.25, 0.3) is 16.5 Å². The van der Waals surface area contributed by atoms with Crippen molar-refractivity contribution in [1.82, 2.24) is 19.7 Å². The molecule has 0 aliphatic carbocycles. The van der Waals surface area contributed by atoms with Gasteiger partial charge in [-0.1, -0.05) is 24.3 Å². The van der Waals surface area contributed by atoms with Crippen LogP contribution in [0.1, 0.15) is 16.1 Å². The average molecular weight is 484 g/mol. The summed E-state index contributed by atoms with van der Waals surface area (Å²) in [6, 6.07) is 7.53. The van der Waals surface area contributed by atoms with E-state index >= 15 is 0 Å². The SMILES string of the molecule is O=C(Nc1cncc(OC(F)(F)Cl)c1)c1cnn(-c2cncc3ccccc23)c1C(F)(F)F. The lowest BCUT2D eigenvalue weighted by molar-refractivity contribution is -0.143. The zero-order valence-corrected chi connectivity index (χ0v) is 16.9. The number of carbonyl (C=O) groups excluding carboxylic acids is 1. The Morgan fingerprint density at radius 3 is 2.45 bits per heavy atom. The first-order chi connectivity index (χ1) is 15.5. The first kappa shape index (κ1) is 22.4. The lowest BCUT2D eigenvalue weighted by Crippen LogP contribution is -2.21. The monoisotopic (exact) mass is 483 g/mol. The van der Waals surface area contributed by atoms with Gasteiger partial charge < -0.3 is 10.1 Å². The molecule has 3 heterocycles. The normalized spacial score (nSPS) is 12.1. The number of benzene rings is 1. The summed E-state index contributed by atoms with van der Waals surface area (Å²) in [6.45, 7) is 0. The van der Waals surface area contributed by atoms with E-state index in [0.29, 0.717) is 15.5 Å². The summed E-state index contributed by atoms with van der Waals surface area (Å²) in [6.07, 6.45) is 0.381. The van der Waals surface area contributed by atoms with E-state index in [1.807, 2.05) is 0 Å². The summed E-state index contributed by atoms with van der Waals surface area (Å²) in [5.41, 5.74) is -6.37. The molecule has 170 valence electrons. The number of fused-ring (bicyclic) bond motifs is 1. The van der Waals surface area contributed by atoms with Crippen molar-refractivity contribution in [3.8, 4) is 11.4 Å². The number of anilines is 1. The number of aromatic nitrogens is 4. The van der Waals surface area contributed by atoms with Gasteiger partial charge in [-0.25, -0.2) is 4.68 Å². The van der Waals surface area contributed by atoms with Crippen molar-refractivity contribution < 1.29 is 31.5 Å². The van der Waals surface area contributed by atoms with Gasteiger partial charge in [-0.15, -0.1) is 8.78 Å². The highest BCUT2D eigenvalue weighted by molar-refractivity contribution is 6.20. The molecule has 0 saturated carbocycles. The van der Waals surface area contributed by atoms with E-state index in [-0.39, 0.29) is 11.4 Å². The molecule has 0 atom stereocenters. The number of halogens is 6. The highest BCUT2D eigenvalue weighted by Gasteiger charge is 2.41. The van der Waals surface area contributed by atoms with Crippen molar-refractivity contribution in [3.63, 3.8) is 0 Å². The van der Waals surface area contributed by atoms with Crippen LogP contribution >= 0.6 is 11.6 Å². The van der Waals surface area contributed by atoms with Crippen molar-refractivity contribution in [2.75, 3.05) is 5.32 Å². The number of alkyl halides is 6. The minimum absolute atomic E-state index is 0.0147. The fourth-order valence-electron chi connectivity index (χ4n) is 3.11. The Morgan fingerprint density at radius 1 is 1.00 bits per heavy atom. The second-order valence-corrected chi connectivity index (χ2v) is 7.05. The second kappa shape index (κ2) is 8.28. The van der Waals surface area contributed by atoms with Crippen LogP contribution in [-0.4, -0.2) is 31.2 Å². The molecule has 7 nitrogen and oxygen atoms in total. The molecule has 0 bridgehead atoms. The van der Waals surface area contributed by atoms with E-state index in [1.165, 1.54) is 12.4 Å². The van der Waals surface area contributed by atoms with Crippen LogP contribution in [-0.2, 0) is 6.18 Å². The standard InChI is InChI=1S/C20H11ClF5N5O2/c21-20(25,26)33-13-5-12(7-28-8-13)30-18(32)15-9-29-31(17(15)19(22,23)24)16-10-27-6-11-3-1-2-4-14(11)16/h1-10H,(H,30,32). The van der Waals surface area contributed by atoms with Crippen LogP contribution in [0.4, 0.5) is 27.6 Å². The molecule has 0 aliphatic heterocycles. The maximum absolute atomic E-state index is 14.0. The number of rotatable bonds is 5. The molecule has 33 heavy (non-hydrogen) atoms. The van der Waals surface area contributed by atoms with Gasteiger partial charge in [-0.2, -0.15) is 18.3 Å². The second-order valence-electron chi connectivity index (χ2n) is 6.61. The van der Waals surface area contributed by atoms with Crippen LogP contribution in [0.2, 0.25) is 0 Å². The van der Waals surface area contributed by atoms with Crippen molar-refractivity contribution >= 4 is 34.0 Å². The fraction of sp³-hybridized carbons (Fsp3) is 0.100. The molecule has 4 rings (SSSR count). The number of pyridine rings is 2. The highest BCUT2D eigenvalue weighted by Crippen LogP contribution is 2.35. The Morgan fingerprint density at radius 2 is 1.73 bits per heavy atom. The number of hydrogen-bond donors (Lipinski definition) is 1. The Labute approximate surface area is 186 Å². The Bertz CT molecular complexity index is 1330. The summed E-state index contributed by atoms with van der Waals surface area (Å²) in [5.74, 6) is -1.71. The third-order valence-electron chi connectivity index (χ3n) is 4.36. The van der Waals surface area contributed by atoms with Crippen molar-refractivity contribution in [2.24, 2.45) is 0 Å². The van der Waals surface area contributed by atoms with Gasteiger partial charge in [0.25, 0.3) is 5.91 Å². The van der Waals surface area contributed by atoms with E-state index in [2.05, 4.69) is 36.7 Å². The summed E-state index contributed by atoms with van der Waals surface area (Å²) in [5, 5.41) is 6.94. The van der Waals surface area contributed by atoms with Crippen LogP contribution < -0.4 is 10.1 Å². The molecule has 0 radical (unpaired) electrons. The maximum Gasteiger partial charge on any atom is 0.487 e. The van der Waals surface area contributed by atoms with Gasteiger partial charge in [0.1, 0.15) is 5.75 Å². The van der Waals surface area contributed by atoms with E-state index in [4.69, 9.17) is 0 Å². The molecule has 3 aromatic heterocycles. The molecule has 0 spiro atoms. The van der Waals surface area contributed by atoms with Gasteiger partial charge in [0, 0.05) is 34.6 Å². The molecule has 13 heteroatoms. The van der Waals surface area contributed by atoms with Crippen molar-refractivity contribution in [1.29, 1.82) is 0 Å². The van der Waals surface area contributed by atoms with Gasteiger partial charge in [0.2, 0.25) is 0 Å². The average Bonchev–Trinajstić information content (AvgIpc) is 3.18. The largest absolute Gasteiger partial charge is 0.487 e. The smallest absolute Gasteiger partial charge is 0.418 e. The predicted octanol–water partition coefficient (Wildman–Crippen LogP) is 5.25. The molecule has 0 saturated heterocycles. The van der Waals surface area contributed by atoms with Crippen LogP contribution in [0.3, 0.4) is 0 Å². The third kappa shape index (κ3) is 4.85. The number of carbonyl (C=O) groups is 1. The van der Waals surface area contributed by atoms with E-state index in [1.54, 1.807) is 24.3 Å². The van der Waals surface area contributed by atoms with E-state index in [9.17, 15) is 26.7 Å². The van der Waals surface area contributed by atoms with Gasteiger partial charge >= 0.3 is 11.7 Å². The van der Waals surface area contributed by atoms with Crippen molar-refractivity contribution in [2.45, 2.75) is 11.7 Å². The molecule has 4 aromatic rings. The molecule has 1 amide bonds.